The molecule has 2 rings (SSSR count). The molecule has 0 aromatic heterocycles. The Morgan fingerprint density at radius 2 is 2.00 bits per heavy atom. The first-order valence-electron chi connectivity index (χ1n) is 4.23. The Hall–Kier alpha value is -1.10. The van der Waals surface area contributed by atoms with Crippen molar-refractivity contribution in [1.29, 1.82) is 0 Å². The highest BCUT2D eigenvalue weighted by Gasteiger charge is 2.69. The molecule has 0 aromatic carbocycles. The van der Waals surface area contributed by atoms with Crippen molar-refractivity contribution in [3.63, 3.8) is 0 Å². The van der Waals surface area contributed by atoms with Crippen LogP contribution in [-0.4, -0.2) is 27.7 Å². The van der Waals surface area contributed by atoms with Gasteiger partial charge in [-0.2, -0.15) is 0 Å². The van der Waals surface area contributed by atoms with Crippen LogP contribution in [0.15, 0.2) is 0 Å². The van der Waals surface area contributed by atoms with Gasteiger partial charge >= 0.3 is 11.9 Å². The Bertz CT molecular complexity index is 290. The minimum atomic E-state index is -1.28. The van der Waals surface area contributed by atoms with Crippen LogP contribution in [0.25, 0.3) is 0 Å². The summed E-state index contributed by atoms with van der Waals surface area (Å²) in [6.07, 6.45) is 1.03. The van der Waals surface area contributed by atoms with E-state index < -0.39 is 23.4 Å². The van der Waals surface area contributed by atoms with E-state index in [0.717, 1.165) is 0 Å². The van der Waals surface area contributed by atoms with Crippen molar-refractivity contribution in [1.82, 2.24) is 0 Å². The van der Waals surface area contributed by atoms with Gasteiger partial charge in [0.1, 0.15) is 5.54 Å². The van der Waals surface area contributed by atoms with Gasteiger partial charge in [0, 0.05) is 5.92 Å². The largest absolute Gasteiger partial charge is 0.481 e. The lowest BCUT2D eigenvalue weighted by molar-refractivity contribution is -0.145. The van der Waals surface area contributed by atoms with Crippen molar-refractivity contribution in [2.24, 2.45) is 23.5 Å². The van der Waals surface area contributed by atoms with E-state index in [1.807, 2.05) is 0 Å². The highest BCUT2D eigenvalue weighted by Crippen LogP contribution is 2.61. The fourth-order valence-electron chi connectivity index (χ4n) is 2.59. The van der Waals surface area contributed by atoms with Crippen LogP contribution in [0.4, 0.5) is 0 Å². The van der Waals surface area contributed by atoms with E-state index in [1.54, 1.807) is 0 Å². The van der Waals surface area contributed by atoms with E-state index in [9.17, 15) is 9.59 Å². The van der Waals surface area contributed by atoms with Crippen LogP contribution >= 0.6 is 0 Å². The average Bonchev–Trinajstić information content (AvgIpc) is 2.66. The second-order valence-corrected chi connectivity index (χ2v) is 3.94. The number of fused-ring (bicyclic) bond motifs is 1. The molecule has 0 aliphatic heterocycles. The van der Waals surface area contributed by atoms with Gasteiger partial charge in [-0.25, -0.2) is 0 Å². The molecule has 0 amide bonds. The Morgan fingerprint density at radius 3 is 2.38 bits per heavy atom. The molecule has 4 N–H and O–H groups in total. The summed E-state index contributed by atoms with van der Waals surface area (Å²) >= 11 is 0. The van der Waals surface area contributed by atoms with Gasteiger partial charge < -0.3 is 15.9 Å². The van der Waals surface area contributed by atoms with Gasteiger partial charge in [-0.1, -0.05) is 0 Å². The Labute approximate surface area is 74.5 Å². The summed E-state index contributed by atoms with van der Waals surface area (Å²) in [7, 11) is 0. The molecule has 5 nitrogen and oxygen atoms in total. The first kappa shape index (κ1) is 8.50. The second kappa shape index (κ2) is 2.23. The Kier molecular flexibility index (Phi) is 1.46. The fraction of sp³-hybridized carbons (Fsp3) is 0.750. The van der Waals surface area contributed by atoms with Gasteiger partial charge in [0.15, 0.2) is 0 Å². The molecule has 2 saturated carbocycles. The van der Waals surface area contributed by atoms with Crippen LogP contribution in [0, 0.1) is 17.8 Å². The predicted octanol–water partition coefficient (Wildman–Crippen LogP) is -0.491. The number of rotatable bonds is 2. The van der Waals surface area contributed by atoms with Gasteiger partial charge in [0.05, 0.1) is 5.92 Å². The fourth-order valence-corrected chi connectivity index (χ4v) is 2.59. The molecule has 4 atom stereocenters. The normalized spacial score (nSPS) is 47.0. The summed E-state index contributed by atoms with van der Waals surface area (Å²) in [5, 5.41) is 17.6. The van der Waals surface area contributed by atoms with Crippen LogP contribution in [0.3, 0.4) is 0 Å². The molecule has 0 aromatic rings. The number of carbonyl (C=O) groups is 2. The summed E-state index contributed by atoms with van der Waals surface area (Å²) < 4.78 is 0. The monoisotopic (exact) mass is 185 g/mol. The third kappa shape index (κ3) is 0.904. The zero-order chi connectivity index (χ0) is 9.80. The minimum Gasteiger partial charge on any atom is -0.481 e. The average molecular weight is 185 g/mol. The minimum absolute atomic E-state index is 0.00130. The van der Waals surface area contributed by atoms with Crippen molar-refractivity contribution in [2.45, 2.75) is 18.4 Å². The lowest BCUT2D eigenvalue weighted by Crippen LogP contribution is -2.49. The predicted molar refractivity (Wildman–Crippen MR) is 41.9 cm³/mol. The maximum absolute atomic E-state index is 10.8. The molecule has 0 spiro atoms. The molecular formula is C8H11NO4. The first-order valence-corrected chi connectivity index (χ1v) is 4.23. The van der Waals surface area contributed by atoms with E-state index in [2.05, 4.69) is 0 Å². The lowest BCUT2D eigenvalue weighted by atomic mass is 9.92. The highest BCUT2D eigenvalue weighted by atomic mass is 16.4. The van der Waals surface area contributed by atoms with Crippen LogP contribution in [-0.2, 0) is 9.59 Å². The molecule has 2 aliphatic carbocycles. The summed E-state index contributed by atoms with van der Waals surface area (Å²) in [5.41, 5.74) is 4.37. The molecule has 0 bridgehead atoms. The third-order valence-corrected chi connectivity index (χ3v) is 3.34. The zero-order valence-electron chi connectivity index (χ0n) is 6.93. The lowest BCUT2D eigenvalue weighted by Gasteiger charge is -2.20. The third-order valence-electron chi connectivity index (χ3n) is 3.34. The number of hydrogen-bond donors (Lipinski definition) is 3. The van der Waals surface area contributed by atoms with Gasteiger partial charge in [0.25, 0.3) is 0 Å². The van der Waals surface area contributed by atoms with Gasteiger partial charge in [-0.3, -0.25) is 9.59 Å². The number of hydrogen-bond acceptors (Lipinski definition) is 3. The second-order valence-electron chi connectivity index (χ2n) is 3.94. The first-order chi connectivity index (χ1) is 5.98. The van der Waals surface area contributed by atoms with Gasteiger partial charge in [-0.05, 0) is 18.8 Å². The summed E-state index contributed by atoms with van der Waals surface area (Å²) in [6.45, 7) is 0. The summed E-state index contributed by atoms with van der Waals surface area (Å²) in [5.74, 6) is -2.84. The Morgan fingerprint density at radius 1 is 1.38 bits per heavy atom. The van der Waals surface area contributed by atoms with Crippen LogP contribution in [0.2, 0.25) is 0 Å². The standard InChI is InChI=1S/C8H11NO4/c9-8(7(12)13)2-1-3-4(5(3)8)6(10)11/h3-5H,1-2,9H2,(H,10,11)(H,12,13)/t3-,4+,5-,8-/m1/s1. The van der Waals surface area contributed by atoms with Gasteiger partial charge in [-0.15, -0.1) is 0 Å². The van der Waals surface area contributed by atoms with Crippen LogP contribution in [0.1, 0.15) is 12.8 Å². The molecule has 0 saturated heterocycles. The number of nitrogens with two attached hydrogens (primary N) is 1. The van der Waals surface area contributed by atoms with Crippen molar-refractivity contribution in [2.75, 3.05) is 0 Å². The molecule has 2 aliphatic rings. The van der Waals surface area contributed by atoms with Crippen molar-refractivity contribution >= 4 is 11.9 Å². The molecule has 0 radical (unpaired) electrons. The number of aliphatic carboxylic acids is 2. The summed E-state index contributed by atoms with van der Waals surface area (Å²) in [4.78, 5) is 21.4. The highest BCUT2D eigenvalue weighted by molar-refractivity contribution is 5.85. The maximum Gasteiger partial charge on any atom is 0.324 e. The smallest absolute Gasteiger partial charge is 0.324 e. The molecule has 2 fully saturated rings. The van der Waals surface area contributed by atoms with E-state index >= 15 is 0 Å². The summed E-state index contributed by atoms with van der Waals surface area (Å²) in [6, 6.07) is 0. The molecule has 0 unspecified atom stereocenters. The van der Waals surface area contributed by atoms with Crippen LogP contribution < -0.4 is 5.73 Å². The maximum atomic E-state index is 10.8. The molecule has 5 heteroatoms. The topological polar surface area (TPSA) is 101 Å². The molecular weight excluding hydrogens is 174 g/mol. The zero-order valence-corrected chi connectivity index (χ0v) is 6.93. The van der Waals surface area contributed by atoms with Gasteiger partial charge in [0.2, 0.25) is 0 Å². The van der Waals surface area contributed by atoms with E-state index in [-0.39, 0.29) is 11.8 Å². The van der Waals surface area contributed by atoms with Crippen molar-refractivity contribution in [3.05, 3.63) is 0 Å². The van der Waals surface area contributed by atoms with Crippen molar-refractivity contribution < 1.29 is 19.8 Å². The van der Waals surface area contributed by atoms with Crippen LogP contribution in [0.5, 0.6) is 0 Å². The van der Waals surface area contributed by atoms with E-state index in [4.69, 9.17) is 15.9 Å². The van der Waals surface area contributed by atoms with E-state index in [1.165, 1.54) is 0 Å². The van der Waals surface area contributed by atoms with E-state index in [0.29, 0.717) is 12.8 Å². The number of carboxylic acids is 2. The molecule has 0 heterocycles. The quantitative estimate of drug-likeness (QED) is 0.539. The SMILES string of the molecule is N[C@]1(C(=O)O)CC[C@@H]2[C@H](C(=O)O)[C@@H]21. The molecule has 13 heavy (non-hydrogen) atoms. The van der Waals surface area contributed by atoms with Crippen molar-refractivity contribution in [3.8, 4) is 0 Å². The Balaban J connectivity index is 2.20. The molecule has 72 valence electrons. The number of carboxylic acid groups (broad SMARTS) is 2.